The lowest BCUT2D eigenvalue weighted by Crippen LogP contribution is -2.12. The number of carbonyl (C=O) groups is 1. The van der Waals surface area contributed by atoms with E-state index in [9.17, 15) is 13.2 Å². The van der Waals surface area contributed by atoms with Crippen molar-refractivity contribution in [3.63, 3.8) is 0 Å². The molecule has 4 aromatic rings. The minimum Gasteiger partial charge on any atom is -0.422 e. The maximum absolute atomic E-state index is 12.7. The molecule has 0 amide bonds. The van der Waals surface area contributed by atoms with Crippen molar-refractivity contribution >= 4 is 42.7 Å². The molecule has 0 saturated heterocycles. The highest BCUT2D eigenvalue weighted by Crippen LogP contribution is 2.39. The number of carbonyl (C=O) groups excluding carboxylic acids is 1. The van der Waals surface area contributed by atoms with E-state index in [2.05, 4.69) is 5.32 Å². The van der Waals surface area contributed by atoms with E-state index in [4.69, 9.17) is 14.9 Å². The molecule has 1 aromatic heterocycles. The number of rotatable bonds is 6. The fraction of sp³-hybridized carbons (Fsp3) is 0.200. The summed E-state index contributed by atoms with van der Waals surface area (Å²) in [5, 5.41) is 9.17. The van der Waals surface area contributed by atoms with Gasteiger partial charge in [0.25, 0.3) is 0 Å². The molecule has 0 aliphatic heterocycles. The van der Waals surface area contributed by atoms with Crippen molar-refractivity contribution in [2.45, 2.75) is 39.1 Å². The molecule has 4 rings (SSSR count). The van der Waals surface area contributed by atoms with Crippen molar-refractivity contribution in [3.05, 3.63) is 81.9 Å². The van der Waals surface area contributed by atoms with E-state index in [-0.39, 0.29) is 4.90 Å². The summed E-state index contributed by atoms with van der Waals surface area (Å²) in [5.41, 5.74) is 6.02. The monoisotopic (exact) mass is 495 g/mol. The summed E-state index contributed by atoms with van der Waals surface area (Å²) >= 11 is 1.48. The molecule has 7 nitrogen and oxygen atoms in total. The van der Waals surface area contributed by atoms with Crippen molar-refractivity contribution in [2.75, 3.05) is 5.32 Å². The van der Waals surface area contributed by atoms with Crippen LogP contribution in [0.2, 0.25) is 0 Å². The van der Waals surface area contributed by atoms with Gasteiger partial charge in [0, 0.05) is 12.1 Å². The highest BCUT2D eigenvalue weighted by molar-refractivity contribution is 7.89. The average Bonchev–Trinajstić information content (AvgIpc) is 3.24. The molecule has 34 heavy (non-hydrogen) atoms. The van der Waals surface area contributed by atoms with Crippen LogP contribution in [0.25, 0.3) is 10.2 Å². The lowest BCUT2D eigenvalue weighted by atomic mass is 10.0. The van der Waals surface area contributed by atoms with E-state index >= 15 is 0 Å². The Morgan fingerprint density at radius 1 is 0.971 bits per heavy atom. The number of nitrogens with two attached hydrogens (primary N) is 1. The van der Waals surface area contributed by atoms with Crippen LogP contribution in [0.1, 0.15) is 38.2 Å². The molecule has 1 heterocycles. The molecule has 176 valence electrons. The van der Waals surface area contributed by atoms with Gasteiger partial charge in [0.1, 0.15) is 5.75 Å². The zero-order chi connectivity index (χ0) is 24.6. The Bertz CT molecular complexity index is 1490. The van der Waals surface area contributed by atoms with Crippen LogP contribution in [0, 0.1) is 27.7 Å². The standard InChI is InChI=1S/C25H25N3O4S2/c1-14-5-9-19(10-6-14)24(29)32-22-16(3)15(2)21-23(17(22)4)33-25(28-21)27-13-18-7-11-20(12-8-18)34(26,30)31/h5-12H,13H2,1-4H3,(H,27,28)(H2,26,30,31). The fourth-order valence-corrected chi connectivity index (χ4v) is 5.14. The van der Waals surface area contributed by atoms with Crippen molar-refractivity contribution in [1.82, 2.24) is 4.98 Å². The van der Waals surface area contributed by atoms with Gasteiger partial charge in [0.05, 0.1) is 20.7 Å². The van der Waals surface area contributed by atoms with Crippen molar-refractivity contribution in [1.29, 1.82) is 0 Å². The van der Waals surface area contributed by atoms with Gasteiger partial charge >= 0.3 is 5.97 Å². The summed E-state index contributed by atoms with van der Waals surface area (Å²) in [6.45, 7) is 8.27. The first-order valence-electron chi connectivity index (χ1n) is 10.6. The second kappa shape index (κ2) is 9.17. The highest BCUT2D eigenvalue weighted by atomic mass is 32.2. The second-order valence-corrected chi connectivity index (χ2v) is 10.8. The number of anilines is 1. The van der Waals surface area contributed by atoms with Crippen LogP contribution in [0.4, 0.5) is 5.13 Å². The Morgan fingerprint density at radius 3 is 2.24 bits per heavy atom. The maximum Gasteiger partial charge on any atom is 0.343 e. The number of nitrogens with zero attached hydrogens (tertiary/aromatic N) is 1. The molecule has 0 saturated carbocycles. The lowest BCUT2D eigenvalue weighted by molar-refractivity contribution is 0.0732. The summed E-state index contributed by atoms with van der Waals surface area (Å²) < 4.78 is 29.6. The molecule has 9 heteroatoms. The Labute approximate surface area is 202 Å². The van der Waals surface area contributed by atoms with Crippen LogP contribution in [0.3, 0.4) is 0 Å². The van der Waals surface area contributed by atoms with Gasteiger partial charge in [-0.2, -0.15) is 0 Å². The van der Waals surface area contributed by atoms with E-state index in [0.29, 0.717) is 17.9 Å². The third-order valence-electron chi connectivity index (χ3n) is 5.74. The molecular weight excluding hydrogens is 470 g/mol. The number of esters is 1. The van der Waals surface area contributed by atoms with E-state index in [0.717, 1.165) is 43.2 Å². The fourth-order valence-electron chi connectivity index (χ4n) is 3.61. The van der Waals surface area contributed by atoms with Crippen molar-refractivity contribution in [3.8, 4) is 5.75 Å². The number of nitrogens with one attached hydrogen (secondary N) is 1. The van der Waals surface area contributed by atoms with Crippen LogP contribution < -0.4 is 15.2 Å². The molecule has 0 atom stereocenters. The van der Waals surface area contributed by atoms with Crippen molar-refractivity contribution < 1.29 is 17.9 Å². The normalized spacial score (nSPS) is 11.6. The molecule has 0 aliphatic carbocycles. The summed E-state index contributed by atoms with van der Waals surface area (Å²) in [6, 6.07) is 13.7. The van der Waals surface area contributed by atoms with Crippen LogP contribution >= 0.6 is 11.3 Å². The molecule has 0 spiro atoms. The van der Waals surface area contributed by atoms with Gasteiger partial charge < -0.3 is 10.1 Å². The smallest absolute Gasteiger partial charge is 0.343 e. The molecule has 0 radical (unpaired) electrons. The van der Waals surface area contributed by atoms with Crippen LogP contribution in [-0.4, -0.2) is 19.4 Å². The minimum atomic E-state index is -3.72. The third kappa shape index (κ3) is 4.82. The van der Waals surface area contributed by atoms with Gasteiger partial charge in [-0.05, 0) is 68.7 Å². The molecular formula is C25H25N3O4S2. The van der Waals surface area contributed by atoms with E-state index < -0.39 is 16.0 Å². The maximum atomic E-state index is 12.7. The van der Waals surface area contributed by atoms with Crippen LogP contribution in [0.15, 0.2) is 53.4 Å². The topological polar surface area (TPSA) is 111 Å². The summed E-state index contributed by atoms with van der Waals surface area (Å²) in [4.78, 5) is 17.6. The second-order valence-electron chi connectivity index (χ2n) is 8.20. The summed E-state index contributed by atoms with van der Waals surface area (Å²) in [7, 11) is -3.72. The Hall–Kier alpha value is -3.27. The van der Waals surface area contributed by atoms with Gasteiger partial charge in [-0.15, -0.1) is 0 Å². The van der Waals surface area contributed by atoms with Gasteiger partial charge in [-0.1, -0.05) is 41.2 Å². The molecule has 0 aliphatic rings. The molecule has 3 aromatic carbocycles. The third-order valence-corrected chi connectivity index (χ3v) is 7.81. The Kier molecular flexibility index (Phi) is 6.44. The number of thiazole rings is 1. The Balaban J connectivity index is 1.58. The number of ether oxygens (including phenoxy) is 1. The zero-order valence-electron chi connectivity index (χ0n) is 19.3. The average molecular weight is 496 g/mol. The van der Waals surface area contributed by atoms with E-state index in [1.165, 1.54) is 23.5 Å². The number of aromatic nitrogens is 1. The first-order valence-corrected chi connectivity index (χ1v) is 13.0. The lowest BCUT2D eigenvalue weighted by Gasteiger charge is -2.13. The van der Waals surface area contributed by atoms with Crippen LogP contribution in [0.5, 0.6) is 5.75 Å². The highest BCUT2D eigenvalue weighted by Gasteiger charge is 2.20. The predicted octanol–water partition coefficient (Wildman–Crippen LogP) is 5.01. The van der Waals surface area contributed by atoms with E-state index in [1.54, 1.807) is 24.3 Å². The van der Waals surface area contributed by atoms with E-state index in [1.807, 2.05) is 39.8 Å². The summed E-state index contributed by atoms with van der Waals surface area (Å²) in [6.07, 6.45) is 0. The number of hydrogen-bond donors (Lipinski definition) is 2. The molecule has 0 fully saturated rings. The van der Waals surface area contributed by atoms with Gasteiger partial charge in [0.2, 0.25) is 10.0 Å². The Morgan fingerprint density at radius 2 is 1.62 bits per heavy atom. The number of benzene rings is 3. The number of aryl methyl sites for hydroxylation is 3. The first kappa shape index (κ1) is 23.9. The molecule has 0 unspecified atom stereocenters. The predicted molar refractivity (Wildman–Crippen MR) is 135 cm³/mol. The molecule has 0 bridgehead atoms. The summed E-state index contributed by atoms with van der Waals surface area (Å²) in [5.74, 6) is 0.167. The SMILES string of the molecule is Cc1ccc(C(=O)Oc2c(C)c(C)c3nc(NCc4ccc(S(N)(=O)=O)cc4)sc3c2C)cc1. The van der Waals surface area contributed by atoms with Crippen LogP contribution in [-0.2, 0) is 16.6 Å². The number of sulfonamides is 1. The number of primary sulfonamides is 1. The minimum absolute atomic E-state index is 0.0747. The van der Waals surface area contributed by atoms with Gasteiger partial charge in [0.15, 0.2) is 5.13 Å². The largest absolute Gasteiger partial charge is 0.422 e. The zero-order valence-corrected chi connectivity index (χ0v) is 20.9. The molecule has 3 N–H and O–H groups in total. The first-order chi connectivity index (χ1) is 16.0. The van der Waals surface area contributed by atoms with Crippen molar-refractivity contribution in [2.24, 2.45) is 5.14 Å². The number of fused-ring (bicyclic) bond motifs is 1. The number of hydrogen-bond acceptors (Lipinski definition) is 7. The van der Waals surface area contributed by atoms with Gasteiger partial charge in [-0.3, -0.25) is 0 Å². The quantitative estimate of drug-likeness (QED) is 0.287. The van der Waals surface area contributed by atoms with Gasteiger partial charge in [-0.25, -0.2) is 23.3 Å².